The minimum Gasteiger partial charge on any atom is -0.505 e. The van der Waals surface area contributed by atoms with E-state index in [9.17, 15) is 10.2 Å². The second-order valence-corrected chi connectivity index (χ2v) is 10.7. The topological polar surface area (TPSA) is 163 Å². The molecule has 2 unspecified atom stereocenters. The molecule has 1 saturated carbocycles. The highest BCUT2D eigenvalue weighted by molar-refractivity contribution is 5.57. The van der Waals surface area contributed by atoms with Crippen molar-refractivity contribution in [2.75, 3.05) is 0 Å². The Labute approximate surface area is 220 Å². The lowest BCUT2D eigenvalue weighted by Gasteiger charge is -2.28. The van der Waals surface area contributed by atoms with Gasteiger partial charge in [-0.2, -0.15) is 5.21 Å². The number of aromatic hydroxyl groups is 2. The summed E-state index contributed by atoms with van der Waals surface area (Å²) in [5.74, 6) is 1.39. The van der Waals surface area contributed by atoms with E-state index in [-0.39, 0.29) is 29.3 Å². The summed E-state index contributed by atoms with van der Waals surface area (Å²) in [6.07, 6.45) is 3.73. The van der Waals surface area contributed by atoms with Gasteiger partial charge in [-0.3, -0.25) is 4.57 Å². The van der Waals surface area contributed by atoms with Gasteiger partial charge in [0.05, 0.1) is 11.2 Å². The van der Waals surface area contributed by atoms with E-state index in [1.165, 1.54) is 0 Å². The number of H-pyrrole nitrogens is 1. The Morgan fingerprint density at radius 3 is 2.55 bits per heavy atom. The Hall–Kier alpha value is -4.12. The number of benzene rings is 2. The highest BCUT2D eigenvalue weighted by Gasteiger charge is 2.30. The van der Waals surface area contributed by atoms with Gasteiger partial charge >= 0.3 is 0 Å². The monoisotopic (exact) mass is 515 g/mol. The van der Waals surface area contributed by atoms with Gasteiger partial charge in [0.2, 0.25) is 11.7 Å². The minimum atomic E-state index is -0.859. The number of hydrogen-bond donors (Lipinski definition) is 4. The molecule has 0 radical (unpaired) electrons. The lowest BCUT2D eigenvalue weighted by atomic mass is 9.77. The average molecular weight is 516 g/mol. The predicted octanol–water partition coefficient (Wildman–Crippen LogP) is 5.46. The molecule has 2 aromatic carbocycles. The van der Waals surface area contributed by atoms with Gasteiger partial charge in [-0.15, -0.1) is 20.4 Å². The first-order chi connectivity index (χ1) is 18.1. The summed E-state index contributed by atoms with van der Waals surface area (Å²) in [5, 5.41) is 45.3. The lowest BCUT2D eigenvalue weighted by molar-refractivity contribution is 0.370. The number of aromatic amines is 1. The lowest BCUT2D eigenvalue weighted by Crippen LogP contribution is -2.32. The van der Waals surface area contributed by atoms with E-state index in [1.54, 1.807) is 10.6 Å². The van der Waals surface area contributed by atoms with Gasteiger partial charge in [0.15, 0.2) is 5.82 Å². The minimum absolute atomic E-state index is 0.0244. The van der Waals surface area contributed by atoms with Gasteiger partial charge < -0.3 is 15.9 Å². The van der Waals surface area contributed by atoms with Crippen molar-refractivity contribution in [2.45, 2.75) is 70.8 Å². The van der Waals surface area contributed by atoms with Crippen molar-refractivity contribution in [3.05, 3.63) is 64.7 Å². The summed E-state index contributed by atoms with van der Waals surface area (Å²) in [4.78, 5) is 4.53. The van der Waals surface area contributed by atoms with Crippen LogP contribution in [0.15, 0.2) is 46.6 Å². The second kappa shape index (κ2) is 9.97. The summed E-state index contributed by atoms with van der Waals surface area (Å²) in [7, 11) is 0. The van der Waals surface area contributed by atoms with Crippen LogP contribution < -0.4 is 5.73 Å². The molecule has 1 fully saturated rings. The molecule has 0 bridgehead atoms. The van der Waals surface area contributed by atoms with Crippen LogP contribution in [0.4, 0.5) is 11.5 Å². The first-order valence-electron chi connectivity index (χ1n) is 12.8. The van der Waals surface area contributed by atoms with Gasteiger partial charge in [0.25, 0.3) is 0 Å². The number of imidazole rings is 1. The van der Waals surface area contributed by atoms with E-state index in [0.29, 0.717) is 17.3 Å². The molecule has 11 nitrogen and oxygen atoms in total. The number of nitrogens with two attached hydrogens (primary N) is 1. The van der Waals surface area contributed by atoms with Crippen LogP contribution in [0.1, 0.15) is 79.7 Å². The van der Waals surface area contributed by atoms with Crippen molar-refractivity contribution < 1.29 is 10.2 Å². The zero-order valence-corrected chi connectivity index (χ0v) is 22.0. The quantitative estimate of drug-likeness (QED) is 0.247. The Morgan fingerprint density at radius 1 is 1.05 bits per heavy atom. The molecule has 1 aliphatic carbocycles. The van der Waals surface area contributed by atoms with E-state index in [2.05, 4.69) is 35.8 Å². The van der Waals surface area contributed by atoms with E-state index in [1.807, 2.05) is 58.0 Å². The van der Waals surface area contributed by atoms with Gasteiger partial charge in [0.1, 0.15) is 17.3 Å². The average Bonchev–Trinajstić information content (AvgIpc) is 3.54. The first-order valence-corrected chi connectivity index (χ1v) is 12.8. The third kappa shape index (κ3) is 4.89. The molecule has 0 spiro atoms. The first kappa shape index (κ1) is 25.5. The molecule has 5 rings (SSSR count). The summed E-state index contributed by atoms with van der Waals surface area (Å²) >= 11 is 0. The number of nitrogens with one attached hydrogen (secondary N) is 1. The number of aromatic nitrogens is 6. The highest BCUT2D eigenvalue weighted by atomic mass is 16.3. The number of para-hydroxylation sites is 1. The molecule has 4 aromatic rings. The summed E-state index contributed by atoms with van der Waals surface area (Å²) in [6, 6.07) is 11.3. The van der Waals surface area contributed by atoms with Crippen LogP contribution in [0.25, 0.3) is 5.69 Å². The molecular weight excluding hydrogens is 482 g/mol. The van der Waals surface area contributed by atoms with Gasteiger partial charge in [-0.1, -0.05) is 29.8 Å². The van der Waals surface area contributed by atoms with E-state index < -0.39 is 5.54 Å². The summed E-state index contributed by atoms with van der Waals surface area (Å²) in [6.45, 7) is 7.66. The van der Waals surface area contributed by atoms with Gasteiger partial charge in [-0.25, -0.2) is 4.98 Å². The molecule has 2 aromatic heterocycles. The van der Waals surface area contributed by atoms with Crippen molar-refractivity contribution in [1.82, 2.24) is 30.2 Å². The molecule has 38 heavy (non-hydrogen) atoms. The van der Waals surface area contributed by atoms with Crippen molar-refractivity contribution >= 4 is 11.5 Å². The summed E-state index contributed by atoms with van der Waals surface area (Å²) in [5.41, 5.74) is 9.60. The zero-order valence-electron chi connectivity index (χ0n) is 22.0. The predicted molar refractivity (Wildman–Crippen MR) is 142 cm³/mol. The molecule has 5 N–H and O–H groups in total. The largest absolute Gasteiger partial charge is 0.505 e. The third-order valence-electron chi connectivity index (χ3n) is 7.30. The fraction of sp³-hybridized carbons (Fsp3) is 0.407. The molecule has 198 valence electrons. The van der Waals surface area contributed by atoms with Crippen molar-refractivity contribution in [3.8, 4) is 17.3 Å². The standard InChI is InChI=1S/C27H33N9O2/c1-15-11-12-19(13-16(15)2)36-25(38)24(29-26(36)27(3,4)28)31-30-21-10-6-9-20(22(21)37)17-7-5-8-18(14-17)23-32-34-35-33-23/h6,9-13,17-18,37-38H,5,7-8,14,28H2,1-4H3,(H,32,33,34,35). The maximum atomic E-state index is 11.1. The highest BCUT2D eigenvalue weighted by Crippen LogP contribution is 2.45. The SMILES string of the molecule is Cc1ccc(-n2c(C(C)(C)N)nc(N=Nc3cccc(C4CCCC(c5nn[nH]n5)C4)c3O)c2O)cc1C. The van der Waals surface area contributed by atoms with Crippen LogP contribution in [0.5, 0.6) is 11.6 Å². The molecule has 2 heterocycles. The van der Waals surface area contributed by atoms with Gasteiger partial charge in [0, 0.05) is 5.92 Å². The van der Waals surface area contributed by atoms with E-state index in [4.69, 9.17) is 5.73 Å². The summed E-state index contributed by atoms with van der Waals surface area (Å²) < 4.78 is 1.59. The molecule has 0 amide bonds. The number of aryl methyl sites for hydroxylation is 2. The molecule has 1 aliphatic rings. The Bertz CT molecular complexity index is 1470. The fourth-order valence-corrected chi connectivity index (χ4v) is 5.12. The number of hydrogen-bond acceptors (Lipinski definition) is 9. The van der Waals surface area contributed by atoms with Crippen LogP contribution in [-0.2, 0) is 5.54 Å². The third-order valence-corrected chi connectivity index (χ3v) is 7.30. The zero-order chi connectivity index (χ0) is 27.0. The number of nitrogens with zero attached hydrogens (tertiary/aromatic N) is 7. The normalized spacial score (nSPS) is 18.3. The number of phenolic OH excluding ortho intramolecular Hbond substituents is 1. The molecule has 11 heteroatoms. The molecule has 2 atom stereocenters. The van der Waals surface area contributed by atoms with Crippen molar-refractivity contribution in [1.29, 1.82) is 0 Å². The molecule has 0 saturated heterocycles. The smallest absolute Gasteiger partial charge is 0.245 e. The molecular formula is C27H33N9O2. The van der Waals surface area contributed by atoms with Gasteiger partial charge in [-0.05, 0) is 87.8 Å². The number of phenols is 1. The van der Waals surface area contributed by atoms with Crippen LogP contribution in [0.3, 0.4) is 0 Å². The van der Waals surface area contributed by atoms with Crippen LogP contribution in [0.2, 0.25) is 0 Å². The Balaban J connectivity index is 1.47. The number of rotatable bonds is 6. The maximum Gasteiger partial charge on any atom is 0.245 e. The Morgan fingerprint density at radius 2 is 1.84 bits per heavy atom. The van der Waals surface area contributed by atoms with Crippen LogP contribution >= 0.6 is 0 Å². The van der Waals surface area contributed by atoms with Crippen molar-refractivity contribution in [2.24, 2.45) is 16.0 Å². The number of tetrazole rings is 1. The maximum absolute atomic E-state index is 11.1. The van der Waals surface area contributed by atoms with Crippen molar-refractivity contribution in [3.63, 3.8) is 0 Å². The Kier molecular flexibility index (Phi) is 6.70. The van der Waals surface area contributed by atoms with Crippen LogP contribution in [0, 0.1) is 13.8 Å². The molecule has 0 aliphatic heterocycles. The number of azo groups is 1. The fourth-order valence-electron chi connectivity index (χ4n) is 5.12. The van der Waals surface area contributed by atoms with E-state index in [0.717, 1.165) is 48.1 Å². The van der Waals surface area contributed by atoms with Crippen LogP contribution in [-0.4, -0.2) is 40.4 Å². The van der Waals surface area contributed by atoms with E-state index >= 15 is 0 Å². The second-order valence-electron chi connectivity index (χ2n) is 10.7.